The van der Waals surface area contributed by atoms with Crippen LogP contribution in [0.15, 0.2) is 30.3 Å². The maximum Gasteiger partial charge on any atom is 0.339 e. The second kappa shape index (κ2) is 7.66. The van der Waals surface area contributed by atoms with Crippen molar-refractivity contribution in [1.29, 1.82) is 0 Å². The first kappa shape index (κ1) is 18.9. The molecule has 0 heterocycles. The zero-order chi connectivity index (χ0) is 17.8. The fourth-order valence-corrected chi connectivity index (χ4v) is 3.20. The summed E-state index contributed by atoms with van der Waals surface area (Å²) in [5.41, 5.74) is -0.705. The lowest BCUT2D eigenvalue weighted by Gasteiger charge is -2.28. The summed E-state index contributed by atoms with van der Waals surface area (Å²) in [6.07, 6.45) is 4.45. The number of carbonyl (C=O) groups excluding carboxylic acids is 1. The molecule has 2 N–H and O–H groups in total. The molecule has 0 radical (unpaired) electrons. The van der Waals surface area contributed by atoms with Gasteiger partial charge in [-0.3, -0.25) is 0 Å². The molecule has 0 amide bonds. The van der Waals surface area contributed by atoms with Gasteiger partial charge in [-0.05, 0) is 64.9 Å². The highest BCUT2D eigenvalue weighted by molar-refractivity contribution is 5.79. The maximum atomic E-state index is 12.1. The lowest BCUT2D eigenvalue weighted by Crippen LogP contribution is -2.50. The molecule has 3 atom stereocenters. The van der Waals surface area contributed by atoms with Crippen molar-refractivity contribution in [1.82, 2.24) is 5.32 Å². The van der Waals surface area contributed by atoms with Crippen molar-refractivity contribution in [3.05, 3.63) is 35.9 Å². The molecule has 24 heavy (non-hydrogen) atoms. The van der Waals surface area contributed by atoms with Gasteiger partial charge in [-0.15, -0.1) is 0 Å². The van der Waals surface area contributed by atoms with Crippen LogP contribution < -0.4 is 5.32 Å². The second-order valence-corrected chi connectivity index (χ2v) is 8.22. The lowest BCUT2D eigenvalue weighted by atomic mass is 9.98. The molecule has 0 saturated heterocycles. The van der Waals surface area contributed by atoms with Gasteiger partial charge < -0.3 is 15.2 Å². The molecule has 0 aromatic heterocycles. The molecule has 1 fully saturated rings. The predicted molar refractivity (Wildman–Crippen MR) is 95.7 cm³/mol. The largest absolute Gasteiger partial charge is 0.458 e. The van der Waals surface area contributed by atoms with Crippen LogP contribution in [0.1, 0.15) is 52.5 Å². The van der Waals surface area contributed by atoms with Crippen LogP contribution in [0.2, 0.25) is 0 Å². The molecule has 1 aliphatic carbocycles. The summed E-state index contributed by atoms with van der Waals surface area (Å²) in [6, 6.07) is 10.9. The third-order valence-corrected chi connectivity index (χ3v) is 4.48. The van der Waals surface area contributed by atoms with Crippen molar-refractivity contribution in [3.8, 4) is 0 Å². The third-order valence-electron chi connectivity index (χ3n) is 4.48. The van der Waals surface area contributed by atoms with E-state index in [-0.39, 0.29) is 6.54 Å². The van der Waals surface area contributed by atoms with Crippen molar-refractivity contribution in [2.45, 2.75) is 70.6 Å². The van der Waals surface area contributed by atoms with Gasteiger partial charge in [-0.2, -0.15) is 0 Å². The molecule has 2 rings (SSSR count). The van der Waals surface area contributed by atoms with Gasteiger partial charge in [0.2, 0.25) is 0 Å². The van der Waals surface area contributed by atoms with Gasteiger partial charge in [0.1, 0.15) is 5.60 Å². The predicted octanol–water partition coefficient (Wildman–Crippen LogP) is 3.08. The molecular weight excluding hydrogens is 302 g/mol. The van der Waals surface area contributed by atoms with Crippen molar-refractivity contribution in [2.75, 3.05) is 6.54 Å². The van der Waals surface area contributed by atoms with Crippen LogP contribution in [0.25, 0.3) is 0 Å². The molecule has 4 nitrogen and oxygen atoms in total. The maximum absolute atomic E-state index is 12.1. The van der Waals surface area contributed by atoms with Crippen LogP contribution in [0, 0.1) is 5.92 Å². The SMILES string of the molecule is CC(C)(C)OC(=O)C(C)(O)CNC1CCC(Cc2ccccc2)C1. The number of nitrogens with one attached hydrogen (secondary N) is 1. The first-order valence-corrected chi connectivity index (χ1v) is 8.89. The Labute approximate surface area is 145 Å². The zero-order valence-corrected chi connectivity index (χ0v) is 15.3. The second-order valence-electron chi connectivity index (χ2n) is 8.22. The van der Waals surface area contributed by atoms with Crippen LogP contribution in [-0.2, 0) is 16.0 Å². The van der Waals surface area contributed by atoms with E-state index in [4.69, 9.17) is 4.74 Å². The molecule has 4 heteroatoms. The standard InChI is InChI=1S/C20H31NO3/c1-19(2,3)24-18(22)20(4,23)14-21-17-11-10-16(13-17)12-15-8-6-5-7-9-15/h5-9,16-17,21,23H,10-14H2,1-4H3. The average molecular weight is 333 g/mol. The van der Waals surface area contributed by atoms with Crippen molar-refractivity contribution >= 4 is 5.97 Å². The van der Waals surface area contributed by atoms with E-state index in [0.29, 0.717) is 12.0 Å². The Morgan fingerprint density at radius 2 is 1.88 bits per heavy atom. The number of rotatable bonds is 6. The molecule has 0 bridgehead atoms. The third kappa shape index (κ3) is 5.91. The quantitative estimate of drug-likeness (QED) is 0.786. The minimum Gasteiger partial charge on any atom is -0.458 e. The highest BCUT2D eigenvalue weighted by Crippen LogP contribution is 2.29. The van der Waals surface area contributed by atoms with Gasteiger partial charge in [-0.1, -0.05) is 30.3 Å². The molecule has 1 saturated carbocycles. The van der Waals surface area contributed by atoms with Gasteiger partial charge >= 0.3 is 5.97 Å². The van der Waals surface area contributed by atoms with E-state index in [1.807, 2.05) is 6.07 Å². The highest BCUT2D eigenvalue weighted by atomic mass is 16.6. The summed E-state index contributed by atoms with van der Waals surface area (Å²) in [7, 11) is 0. The van der Waals surface area contributed by atoms with E-state index in [1.165, 1.54) is 18.9 Å². The molecule has 0 aliphatic heterocycles. The Bertz CT molecular complexity index is 534. The number of benzene rings is 1. The first-order chi connectivity index (χ1) is 11.2. The molecule has 0 spiro atoms. The summed E-state index contributed by atoms with van der Waals surface area (Å²) in [5.74, 6) is 0.0951. The van der Waals surface area contributed by atoms with Gasteiger partial charge in [0.15, 0.2) is 5.60 Å². The topological polar surface area (TPSA) is 58.6 Å². The molecule has 134 valence electrons. The minimum absolute atomic E-state index is 0.227. The van der Waals surface area contributed by atoms with E-state index >= 15 is 0 Å². The number of hydrogen-bond donors (Lipinski definition) is 2. The van der Waals surface area contributed by atoms with E-state index < -0.39 is 17.2 Å². The normalized spacial score (nSPS) is 23.7. The Hall–Kier alpha value is -1.39. The van der Waals surface area contributed by atoms with E-state index in [1.54, 1.807) is 20.8 Å². The van der Waals surface area contributed by atoms with Gasteiger partial charge in [0.05, 0.1) is 0 Å². The van der Waals surface area contributed by atoms with Crippen LogP contribution in [0.4, 0.5) is 0 Å². The van der Waals surface area contributed by atoms with Gasteiger partial charge in [0.25, 0.3) is 0 Å². The number of ether oxygens (including phenoxy) is 1. The summed E-state index contributed by atoms with van der Waals surface area (Å²) >= 11 is 0. The Balaban J connectivity index is 1.77. The lowest BCUT2D eigenvalue weighted by molar-refractivity contribution is -0.174. The Morgan fingerprint density at radius 3 is 2.50 bits per heavy atom. The Kier molecular flexibility index (Phi) is 6.05. The average Bonchev–Trinajstić information content (AvgIpc) is 2.92. The van der Waals surface area contributed by atoms with Gasteiger partial charge in [0, 0.05) is 12.6 Å². The molecule has 1 aromatic carbocycles. The van der Waals surface area contributed by atoms with Crippen LogP contribution in [-0.4, -0.2) is 34.9 Å². The fourth-order valence-electron chi connectivity index (χ4n) is 3.20. The molecule has 1 aromatic rings. The smallest absolute Gasteiger partial charge is 0.339 e. The number of hydrogen-bond acceptors (Lipinski definition) is 4. The summed E-state index contributed by atoms with van der Waals surface area (Å²) in [5, 5.41) is 13.7. The summed E-state index contributed by atoms with van der Waals surface area (Å²) < 4.78 is 5.29. The fraction of sp³-hybridized carbons (Fsp3) is 0.650. The minimum atomic E-state index is -1.50. The summed E-state index contributed by atoms with van der Waals surface area (Å²) in [4.78, 5) is 12.1. The van der Waals surface area contributed by atoms with E-state index in [9.17, 15) is 9.90 Å². The Morgan fingerprint density at radius 1 is 1.21 bits per heavy atom. The van der Waals surface area contributed by atoms with Crippen LogP contribution in [0.5, 0.6) is 0 Å². The van der Waals surface area contributed by atoms with Crippen molar-refractivity contribution in [3.63, 3.8) is 0 Å². The highest BCUT2D eigenvalue weighted by Gasteiger charge is 2.36. The zero-order valence-electron chi connectivity index (χ0n) is 15.3. The van der Waals surface area contributed by atoms with Crippen LogP contribution in [0.3, 0.4) is 0 Å². The molecular formula is C20H31NO3. The molecule has 1 aliphatic rings. The number of esters is 1. The number of aliphatic hydroxyl groups is 1. The van der Waals surface area contributed by atoms with Gasteiger partial charge in [-0.25, -0.2) is 4.79 Å². The van der Waals surface area contributed by atoms with Crippen molar-refractivity contribution in [2.24, 2.45) is 5.92 Å². The molecule has 3 unspecified atom stereocenters. The monoisotopic (exact) mass is 333 g/mol. The number of carbonyl (C=O) groups is 1. The van der Waals surface area contributed by atoms with Crippen LogP contribution >= 0.6 is 0 Å². The van der Waals surface area contributed by atoms with E-state index in [2.05, 4.69) is 29.6 Å². The van der Waals surface area contributed by atoms with Crippen molar-refractivity contribution < 1.29 is 14.6 Å². The van der Waals surface area contributed by atoms with E-state index in [0.717, 1.165) is 19.3 Å². The summed E-state index contributed by atoms with van der Waals surface area (Å²) in [6.45, 7) is 7.16. The first-order valence-electron chi connectivity index (χ1n) is 8.89.